The molecule has 0 unspecified atom stereocenters. The van der Waals surface area contributed by atoms with Gasteiger partial charge in [0.05, 0.1) is 17.6 Å². The third-order valence-corrected chi connectivity index (χ3v) is 6.35. The molecule has 8 heteroatoms. The van der Waals surface area contributed by atoms with E-state index in [0.717, 1.165) is 17.5 Å². The second-order valence-corrected chi connectivity index (χ2v) is 8.65. The predicted molar refractivity (Wildman–Crippen MR) is 107 cm³/mol. The Balaban J connectivity index is 0.000000960. The van der Waals surface area contributed by atoms with E-state index in [2.05, 4.69) is 29.5 Å². The van der Waals surface area contributed by atoms with E-state index in [9.17, 15) is 0 Å². The molecule has 0 spiro atoms. The number of nitrogens with one attached hydrogen (secondary N) is 1. The number of hydrogen-bond donors (Lipinski definition) is 1. The second-order valence-electron chi connectivity index (χ2n) is 6.85. The molecule has 130 valence electrons. The molecule has 0 aromatic carbocycles. The van der Waals surface area contributed by atoms with E-state index in [1.54, 1.807) is 11.8 Å². The minimum Gasteiger partial charge on any atom is -0.360 e. The lowest BCUT2D eigenvalue weighted by Gasteiger charge is -2.23. The molecule has 0 aromatic heterocycles. The molecule has 1 aliphatic carbocycles. The molecular formula is C15H24Cl2N4S2. The molecule has 0 bridgehead atoms. The standard InChI is InChI=1S/C15H22N4S2.2ClH/c1-15(2)9-19-10(8-21-14(19)18-15)7-20-13-16-11-5-3-4-6-12(11)17-13;;/h8,11-12H,3-7,9H2,1-2H3,(H,16,17);2*1H/t11-,12+;;. The van der Waals surface area contributed by atoms with Crippen LogP contribution in [0.3, 0.4) is 0 Å². The highest BCUT2D eigenvalue weighted by atomic mass is 35.5. The number of fused-ring (bicyclic) bond motifs is 2. The van der Waals surface area contributed by atoms with E-state index < -0.39 is 0 Å². The number of hydrogen-bond acceptors (Lipinski definition) is 6. The number of nitrogens with zero attached hydrogens (tertiary/aromatic N) is 3. The minimum atomic E-state index is 0. The van der Waals surface area contributed by atoms with Crippen molar-refractivity contribution in [2.24, 2.45) is 9.98 Å². The van der Waals surface area contributed by atoms with Crippen molar-refractivity contribution in [1.29, 1.82) is 0 Å². The van der Waals surface area contributed by atoms with Crippen molar-refractivity contribution in [2.45, 2.75) is 57.2 Å². The van der Waals surface area contributed by atoms with Crippen LogP contribution in [0, 0.1) is 0 Å². The Hall–Kier alpha value is -0.0400. The highest BCUT2D eigenvalue weighted by Crippen LogP contribution is 2.37. The Kier molecular flexibility index (Phi) is 6.26. The molecule has 4 nitrogen and oxygen atoms in total. The average molecular weight is 395 g/mol. The lowest BCUT2D eigenvalue weighted by molar-refractivity contribution is 0.385. The quantitative estimate of drug-likeness (QED) is 0.771. The van der Waals surface area contributed by atoms with Crippen LogP contribution in [0.25, 0.3) is 0 Å². The Morgan fingerprint density at radius 2 is 2.13 bits per heavy atom. The summed E-state index contributed by atoms with van der Waals surface area (Å²) in [5.74, 6) is 0.993. The Labute approximate surface area is 159 Å². The van der Waals surface area contributed by atoms with Crippen LogP contribution < -0.4 is 5.32 Å². The molecule has 1 N–H and O–H groups in total. The fraction of sp³-hybridized carbons (Fsp3) is 0.733. The van der Waals surface area contributed by atoms with Gasteiger partial charge in [-0.15, -0.1) is 24.8 Å². The number of thioether (sulfide) groups is 2. The van der Waals surface area contributed by atoms with Gasteiger partial charge in [0.25, 0.3) is 0 Å². The molecule has 4 aliphatic rings. The summed E-state index contributed by atoms with van der Waals surface area (Å²) < 4.78 is 0. The molecule has 0 amide bonds. The lowest BCUT2D eigenvalue weighted by atomic mass is 9.92. The molecule has 0 saturated heterocycles. The normalized spacial score (nSPS) is 30.2. The van der Waals surface area contributed by atoms with Crippen molar-refractivity contribution >= 4 is 58.7 Å². The molecule has 2 atom stereocenters. The maximum absolute atomic E-state index is 4.87. The zero-order valence-corrected chi connectivity index (χ0v) is 16.7. The highest BCUT2D eigenvalue weighted by molar-refractivity contribution is 8.17. The van der Waals surface area contributed by atoms with Crippen molar-refractivity contribution in [2.75, 3.05) is 12.3 Å². The van der Waals surface area contributed by atoms with Crippen LogP contribution in [0.4, 0.5) is 0 Å². The van der Waals surface area contributed by atoms with Gasteiger partial charge in [-0.25, -0.2) is 0 Å². The van der Waals surface area contributed by atoms with E-state index >= 15 is 0 Å². The zero-order chi connectivity index (χ0) is 14.4. The van der Waals surface area contributed by atoms with Gasteiger partial charge in [0.15, 0.2) is 10.3 Å². The molecular weight excluding hydrogens is 371 g/mol. The topological polar surface area (TPSA) is 40.0 Å². The van der Waals surface area contributed by atoms with Crippen molar-refractivity contribution in [3.8, 4) is 0 Å². The summed E-state index contributed by atoms with van der Waals surface area (Å²) in [4.78, 5) is 12.0. The van der Waals surface area contributed by atoms with Crippen LogP contribution in [-0.4, -0.2) is 45.2 Å². The van der Waals surface area contributed by atoms with E-state index in [0.29, 0.717) is 12.1 Å². The molecule has 3 aliphatic heterocycles. The summed E-state index contributed by atoms with van der Waals surface area (Å²) >= 11 is 3.62. The summed E-state index contributed by atoms with van der Waals surface area (Å²) in [5.41, 5.74) is 1.44. The van der Waals surface area contributed by atoms with Crippen LogP contribution in [0.15, 0.2) is 21.1 Å². The maximum atomic E-state index is 4.87. The minimum absolute atomic E-state index is 0. The van der Waals surface area contributed by atoms with Gasteiger partial charge in [0.1, 0.15) is 0 Å². The Morgan fingerprint density at radius 1 is 1.35 bits per heavy atom. The van der Waals surface area contributed by atoms with Crippen LogP contribution in [0.1, 0.15) is 39.5 Å². The van der Waals surface area contributed by atoms with Crippen molar-refractivity contribution in [3.63, 3.8) is 0 Å². The Morgan fingerprint density at radius 3 is 2.91 bits per heavy atom. The predicted octanol–water partition coefficient (Wildman–Crippen LogP) is 3.87. The van der Waals surface area contributed by atoms with E-state index in [1.807, 2.05) is 11.8 Å². The summed E-state index contributed by atoms with van der Waals surface area (Å²) in [6, 6.07) is 1.15. The van der Waals surface area contributed by atoms with E-state index in [-0.39, 0.29) is 30.4 Å². The molecule has 0 aromatic rings. The van der Waals surface area contributed by atoms with Crippen molar-refractivity contribution < 1.29 is 0 Å². The molecule has 1 saturated carbocycles. The third-order valence-electron chi connectivity index (χ3n) is 4.50. The Bertz CT molecular complexity index is 548. The number of halogens is 2. The van der Waals surface area contributed by atoms with Gasteiger partial charge in [-0.05, 0) is 32.1 Å². The van der Waals surface area contributed by atoms with Gasteiger partial charge in [0.2, 0.25) is 0 Å². The van der Waals surface area contributed by atoms with Gasteiger partial charge in [0, 0.05) is 18.0 Å². The SMILES string of the molecule is CC1(C)CN2C(CSC3=N[C@@H]4CCCC[C@@H]4N3)=CSC2=N1.Cl.Cl. The van der Waals surface area contributed by atoms with Gasteiger partial charge in [-0.3, -0.25) is 9.98 Å². The first kappa shape index (κ1) is 19.3. The van der Waals surface area contributed by atoms with E-state index in [4.69, 9.17) is 9.98 Å². The van der Waals surface area contributed by atoms with Crippen molar-refractivity contribution in [3.05, 3.63) is 11.1 Å². The molecule has 23 heavy (non-hydrogen) atoms. The fourth-order valence-electron chi connectivity index (χ4n) is 3.42. The van der Waals surface area contributed by atoms with Gasteiger partial charge in [-0.1, -0.05) is 36.4 Å². The number of rotatable bonds is 2. The lowest BCUT2D eigenvalue weighted by Crippen LogP contribution is -2.36. The van der Waals surface area contributed by atoms with Gasteiger partial charge in [-0.2, -0.15) is 0 Å². The smallest absolute Gasteiger partial charge is 0.168 e. The largest absolute Gasteiger partial charge is 0.360 e. The molecule has 3 heterocycles. The highest BCUT2D eigenvalue weighted by Gasteiger charge is 2.37. The number of aliphatic imine (C=N–C) groups is 2. The first-order valence-electron chi connectivity index (χ1n) is 7.81. The van der Waals surface area contributed by atoms with E-state index in [1.165, 1.54) is 36.5 Å². The molecule has 4 rings (SSSR count). The zero-order valence-electron chi connectivity index (χ0n) is 13.4. The first-order chi connectivity index (χ1) is 10.1. The molecule has 0 radical (unpaired) electrons. The summed E-state index contributed by atoms with van der Waals surface area (Å²) in [6.07, 6.45) is 5.24. The van der Waals surface area contributed by atoms with Crippen molar-refractivity contribution in [1.82, 2.24) is 10.2 Å². The second kappa shape index (κ2) is 7.46. The summed E-state index contributed by atoms with van der Waals surface area (Å²) in [6.45, 7) is 5.42. The molecule has 1 fully saturated rings. The van der Waals surface area contributed by atoms with Crippen LogP contribution in [-0.2, 0) is 0 Å². The van der Waals surface area contributed by atoms with Gasteiger partial charge >= 0.3 is 0 Å². The monoisotopic (exact) mass is 394 g/mol. The fourth-order valence-corrected chi connectivity index (χ4v) is 5.56. The van der Waals surface area contributed by atoms with Gasteiger partial charge < -0.3 is 10.2 Å². The van der Waals surface area contributed by atoms with Crippen LogP contribution >= 0.6 is 48.3 Å². The summed E-state index contributed by atoms with van der Waals surface area (Å²) in [5, 5.41) is 8.20. The average Bonchev–Trinajstić information content (AvgIpc) is 3.07. The first-order valence-corrected chi connectivity index (χ1v) is 9.67. The third kappa shape index (κ3) is 3.97. The maximum Gasteiger partial charge on any atom is 0.168 e. The van der Waals surface area contributed by atoms with Crippen LogP contribution in [0.2, 0.25) is 0 Å². The number of amidine groups is 2. The van der Waals surface area contributed by atoms with Crippen LogP contribution in [0.5, 0.6) is 0 Å². The summed E-state index contributed by atoms with van der Waals surface area (Å²) in [7, 11) is 0.